The Morgan fingerprint density at radius 3 is 2.58 bits per heavy atom. The summed E-state index contributed by atoms with van der Waals surface area (Å²) < 4.78 is 4.67. The van der Waals surface area contributed by atoms with Gasteiger partial charge in [0.15, 0.2) is 0 Å². The maximum atomic E-state index is 11.0. The van der Waals surface area contributed by atoms with Crippen LogP contribution in [0.5, 0.6) is 0 Å². The van der Waals surface area contributed by atoms with Crippen molar-refractivity contribution in [2.24, 2.45) is 0 Å². The molecule has 0 radical (unpaired) electrons. The van der Waals surface area contributed by atoms with Gasteiger partial charge in [-0.05, 0) is 13.3 Å². The minimum absolute atomic E-state index is 0.152. The Kier molecular flexibility index (Phi) is 5.37. The third kappa shape index (κ3) is 3.53. The van der Waals surface area contributed by atoms with Gasteiger partial charge in [-0.1, -0.05) is 19.9 Å². The van der Waals surface area contributed by atoms with E-state index in [1.165, 1.54) is 0 Å². The summed E-state index contributed by atoms with van der Waals surface area (Å²) in [5.74, 6) is -0.501. The minimum Gasteiger partial charge on any atom is -0.463 e. The predicted molar refractivity (Wildman–Crippen MR) is 46.7 cm³/mol. The van der Waals surface area contributed by atoms with Crippen LogP contribution in [0.1, 0.15) is 26.7 Å². The van der Waals surface area contributed by atoms with Crippen LogP contribution in [-0.4, -0.2) is 23.8 Å². The molecule has 0 saturated heterocycles. The number of aliphatic hydroxyl groups is 1. The maximum Gasteiger partial charge on any atom is 0.336 e. The van der Waals surface area contributed by atoms with Crippen LogP contribution in [0, 0.1) is 0 Å². The van der Waals surface area contributed by atoms with Gasteiger partial charge in [-0.15, -0.1) is 0 Å². The zero-order valence-electron chi connectivity index (χ0n) is 7.67. The molecule has 12 heavy (non-hydrogen) atoms. The molecule has 3 heteroatoms. The maximum absolute atomic E-state index is 11.0. The summed E-state index contributed by atoms with van der Waals surface area (Å²) in [6, 6.07) is 0. The summed E-state index contributed by atoms with van der Waals surface area (Å²) >= 11 is 0. The Hall–Kier alpha value is -0.830. The average Bonchev–Trinajstić information content (AvgIpc) is 2.04. The lowest BCUT2D eigenvalue weighted by atomic mass is 10.1. The van der Waals surface area contributed by atoms with Gasteiger partial charge in [0.1, 0.15) is 0 Å². The SMILES string of the molecule is C=C(C(=O)OCC)C(O)CCC. The normalized spacial score (nSPS) is 12.2. The van der Waals surface area contributed by atoms with Crippen LogP contribution in [0.15, 0.2) is 12.2 Å². The molecule has 0 aromatic carbocycles. The Bertz CT molecular complexity index is 163. The van der Waals surface area contributed by atoms with Gasteiger partial charge in [-0.2, -0.15) is 0 Å². The fraction of sp³-hybridized carbons (Fsp3) is 0.667. The van der Waals surface area contributed by atoms with Gasteiger partial charge in [-0.3, -0.25) is 0 Å². The molecule has 1 N–H and O–H groups in total. The first-order valence-electron chi connectivity index (χ1n) is 4.17. The van der Waals surface area contributed by atoms with E-state index in [0.717, 1.165) is 6.42 Å². The number of aliphatic hydroxyl groups excluding tert-OH is 1. The number of esters is 1. The molecule has 0 saturated carbocycles. The van der Waals surface area contributed by atoms with Gasteiger partial charge in [0, 0.05) is 0 Å². The molecule has 0 aliphatic rings. The number of hydrogen-bond acceptors (Lipinski definition) is 3. The van der Waals surface area contributed by atoms with E-state index in [-0.39, 0.29) is 5.57 Å². The summed E-state index contributed by atoms with van der Waals surface area (Å²) in [6.45, 7) is 7.44. The molecule has 0 bridgehead atoms. The molecule has 0 aliphatic heterocycles. The summed E-state index contributed by atoms with van der Waals surface area (Å²) in [4.78, 5) is 11.0. The van der Waals surface area contributed by atoms with Crippen molar-refractivity contribution >= 4 is 5.97 Å². The molecular formula is C9H16O3. The van der Waals surface area contributed by atoms with E-state index >= 15 is 0 Å². The smallest absolute Gasteiger partial charge is 0.336 e. The molecule has 0 spiro atoms. The van der Waals surface area contributed by atoms with Crippen molar-refractivity contribution < 1.29 is 14.6 Å². The van der Waals surface area contributed by atoms with E-state index in [9.17, 15) is 9.90 Å². The van der Waals surface area contributed by atoms with Gasteiger partial charge >= 0.3 is 5.97 Å². The second kappa shape index (κ2) is 5.77. The van der Waals surface area contributed by atoms with Gasteiger partial charge in [0.2, 0.25) is 0 Å². The number of ether oxygens (including phenoxy) is 1. The van der Waals surface area contributed by atoms with Crippen molar-refractivity contribution in [3.05, 3.63) is 12.2 Å². The van der Waals surface area contributed by atoms with Crippen LogP contribution in [0.4, 0.5) is 0 Å². The highest BCUT2D eigenvalue weighted by molar-refractivity contribution is 5.88. The first-order valence-corrected chi connectivity index (χ1v) is 4.17. The quantitative estimate of drug-likeness (QED) is 0.501. The third-order valence-electron chi connectivity index (χ3n) is 1.50. The lowest BCUT2D eigenvalue weighted by Gasteiger charge is -2.10. The van der Waals surface area contributed by atoms with E-state index in [2.05, 4.69) is 11.3 Å². The van der Waals surface area contributed by atoms with Gasteiger partial charge in [-0.25, -0.2) is 4.79 Å². The molecule has 0 aromatic rings. The van der Waals surface area contributed by atoms with Crippen LogP contribution in [0.25, 0.3) is 0 Å². The monoisotopic (exact) mass is 172 g/mol. The molecule has 0 rings (SSSR count). The second-order valence-corrected chi connectivity index (χ2v) is 2.55. The van der Waals surface area contributed by atoms with E-state index in [1.54, 1.807) is 6.92 Å². The third-order valence-corrected chi connectivity index (χ3v) is 1.50. The molecule has 70 valence electrons. The zero-order chi connectivity index (χ0) is 9.56. The Balaban J connectivity index is 3.91. The second-order valence-electron chi connectivity index (χ2n) is 2.55. The van der Waals surface area contributed by atoms with E-state index in [1.807, 2.05) is 6.92 Å². The highest BCUT2D eigenvalue weighted by Crippen LogP contribution is 2.07. The van der Waals surface area contributed by atoms with Crippen molar-refractivity contribution in [1.82, 2.24) is 0 Å². The molecule has 3 nitrogen and oxygen atoms in total. The average molecular weight is 172 g/mol. The van der Waals surface area contributed by atoms with Crippen LogP contribution < -0.4 is 0 Å². The van der Waals surface area contributed by atoms with Crippen molar-refractivity contribution in [3.8, 4) is 0 Å². The summed E-state index contributed by atoms with van der Waals surface area (Å²) in [5, 5.41) is 9.31. The van der Waals surface area contributed by atoms with Gasteiger partial charge in [0.05, 0.1) is 18.3 Å². The van der Waals surface area contributed by atoms with Crippen LogP contribution >= 0.6 is 0 Å². The van der Waals surface area contributed by atoms with Crippen molar-refractivity contribution in [2.75, 3.05) is 6.61 Å². The minimum atomic E-state index is -0.756. The fourth-order valence-corrected chi connectivity index (χ4v) is 0.807. The Morgan fingerprint density at radius 1 is 1.58 bits per heavy atom. The molecule has 0 heterocycles. The van der Waals surface area contributed by atoms with Crippen LogP contribution in [0.3, 0.4) is 0 Å². The molecule has 1 unspecified atom stereocenters. The summed E-state index contributed by atoms with van der Waals surface area (Å²) in [7, 11) is 0. The highest BCUT2D eigenvalue weighted by atomic mass is 16.5. The summed E-state index contributed by atoms with van der Waals surface area (Å²) in [5.41, 5.74) is 0.152. The first kappa shape index (κ1) is 11.2. The van der Waals surface area contributed by atoms with Crippen molar-refractivity contribution in [3.63, 3.8) is 0 Å². The van der Waals surface area contributed by atoms with Crippen LogP contribution in [0.2, 0.25) is 0 Å². The number of rotatable bonds is 5. The predicted octanol–water partition coefficient (Wildman–Crippen LogP) is 1.27. The van der Waals surface area contributed by atoms with Crippen molar-refractivity contribution in [1.29, 1.82) is 0 Å². The fourth-order valence-electron chi connectivity index (χ4n) is 0.807. The Morgan fingerprint density at radius 2 is 2.17 bits per heavy atom. The number of carbonyl (C=O) groups is 1. The molecular weight excluding hydrogens is 156 g/mol. The molecule has 0 aromatic heterocycles. The number of carbonyl (C=O) groups excluding carboxylic acids is 1. The van der Waals surface area contributed by atoms with Crippen LogP contribution in [-0.2, 0) is 9.53 Å². The molecule has 1 atom stereocenters. The molecule has 0 aliphatic carbocycles. The van der Waals surface area contributed by atoms with Gasteiger partial charge in [0.25, 0.3) is 0 Å². The van der Waals surface area contributed by atoms with E-state index in [0.29, 0.717) is 13.0 Å². The lowest BCUT2D eigenvalue weighted by Crippen LogP contribution is -2.19. The molecule has 0 amide bonds. The van der Waals surface area contributed by atoms with E-state index in [4.69, 9.17) is 0 Å². The summed E-state index contributed by atoms with van der Waals surface area (Å²) in [6.07, 6.45) is 0.617. The van der Waals surface area contributed by atoms with E-state index < -0.39 is 12.1 Å². The highest BCUT2D eigenvalue weighted by Gasteiger charge is 2.15. The lowest BCUT2D eigenvalue weighted by molar-refractivity contribution is -0.139. The van der Waals surface area contributed by atoms with Gasteiger partial charge < -0.3 is 9.84 Å². The number of hydrogen-bond donors (Lipinski definition) is 1. The standard InChI is InChI=1S/C9H16O3/c1-4-6-8(10)7(3)9(11)12-5-2/h8,10H,3-6H2,1-2H3. The Labute approximate surface area is 73.0 Å². The zero-order valence-corrected chi connectivity index (χ0v) is 7.67. The molecule has 0 fully saturated rings. The first-order chi connectivity index (χ1) is 5.63. The van der Waals surface area contributed by atoms with Crippen molar-refractivity contribution in [2.45, 2.75) is 32.8 Å². The largest absolute Gasteiger partial charge is 0.463 e. The topological polar surface area (TPSA) is 46.5 Å².